The van der Waals surface area contributed by atoms with Crippen molar-refractivity contribution in [2.75, 3.05) is 13.2 Å². The molecule has 0 spiro atoms. The zero-order chi connectivity index (χ0) is 9.68. The van der Waals surface area contributed by atoms with E-state index in [2.05, 4.69) is 0 Å². The molecule has 4 nitrogen and oxygen atoms in total. The Kier molecular flexibility index (Phi) is 4.18. The first-order valence-corrected chi connectivity index (χ1v) is 4.77. The maximum absolute atomic E-state index is 10.9. The molecule has 4 heteroatoms. The van der Waals surface area contributed by atoms with Gasteiger partial charge in [0.1, 0.15) is 6.61 Å². The van der Waals surface area contributed by atoms with Crippen LogP contribution in [0.4, 0.5) is 0 Å². The fourth-order valence-corrected chi connectivity index (χ4v) is 1.54. The molecule has 2 atom stereocenters. The van der Waals surface area contributed by atoms with Crippen LogP contribution < -0.4 is 5.73 Å². The van der Waals surface area contributed by atoms with Crippen LogP contribution in [0.15, 0.2) is 0 Å². The molecule has 0 radical (unpaired) electrons. The van der Waals surface area contributed by atoms with Gasteiger partial charge in [-0.05, 0) is 26.2 Å². The molecule has 13 heavy (non-hydrogen) atoms. The molecular weight excluding hydrogens is 170 g/mol. The van der Waals surface area contributed by atoms with Gasteiger partial charge >= 0.3 is 5.97 Å². The monoisotopic (exact) mass is 187 g/mol. The third kappa shape index (κ3) is 3.32. The Morgan fingerprint density at radius 3 is 2.85 bits per heavy atom. The largest absolute Gasteiger partial charge is 0.464 e. The lowest BCUT2D eigenvalue weighted by Crippen LogP contribution is -2.33. The molecule has 0 aromatic heterocycles. The summed E-state index contributed by atoms with van der Waals surface area (Å²) in [4.78, 5) is 10.9. The number of ether oxygens (including phenoxy) is 2. The summed E-state index contributed by atoms with van der Waals surface area (Å²) >= 11 is 0. The van der Waals surface area contributed by atoms with Crippen LogP contribution in [0.3, 0.4) is 0 Å². The van der Waals surface area contributed by atoms with Crippen LogP contribution >= 0.6 is 0 Å². The molecule has 1 saturated carbocycles. The first-order valence-electron chi connectivity index (χ1n) is 4.77. The van der Waals surface area contributed by atoms with Crippen molar-refractivity contribution in [3.05, 3.63) is 0 Å². The van der Waals surface area contributed by atoms with Crippen molar-refractivity contribution in [2.24, 2.45) is 5.73 Å². The van der Waals surface area contributed by atoms with Gasteiger partial charge in [-0.2, -0.15) is 0 Å². The minimum absolute atomic E-state index is 0.0339. The lowest BCUT2D eigenvalue weighted by molar-refractivity contribution is -0.150. The Morgan fingerprint density at radius 1 is 1.54 bits per heavy atom. The molecule has 0 bridgehead atoms. The number of rotatable bonds is 4. The van der Waals surface area contributed by atoms with E-state index >= 15 is 0 Å². The molecule has 1 fully saturated rings. The summed E-state index contributed by atoms with van der Waals surface area (Å²) in [5.74, 6) is -0.304. The van der Waals surface area contributed by atoms with Crippen LogP contribution in [0.2, 0.25) is 0 Å². The number of hydrogen-bond donors (Lipinski definition) is 1. The Hall–Kier alpha value is -0.610. The molecule has 1 aliphatic carbocycles. The highest BCUT2D eigenvalue weighted by molar-refractivity contribution is 5.70. The van der Waals surface area contributed by atoms with Crippen molar-refractivity contribution in [1.29, 1.82) is 0 Å². The zero-order valence-electron chi connectivity index (χ0n) is 7.99. The third-order valence-electron chi connectivity index (χ3n) is 2.22. The summed E-state index contributed by atoms with van der Waals surface area (Å²) in [6, 6.07) is 0.0921. The Labute approximate surface area is 78.4 Å². The lowest BCUT2D eigenvalue weighted by atomic mass is 10.2. The predicted octanol–water partition coefficient (Wildman–Crippen LogP) is 0.446. The van der Waals surface area contributed by atoms with Crippen molar-refractivity contribution < 1.29 is 14.3 Å². The third-order valence-corrected chi connectivity index (χ3v) is 2.22. The minimum Gasteiger partial charge on any atom is -0.464 e. The van der Waals surface area contributed by atoms with Gasteiger partial charge in [-0.25, -0.2) is 4.79 Å². The molecule has 0 aromatic carbocycles. The van der Waals surface area contributed by atoms with E-state index in [4.69, 9.17) is 15.2 Å². The quantitative estimate of drug-likeness (QED) is 0.649. The molecule has 0 amide bonds. The van der Waals surface area contributed by atoms with Gasteiger partial charge in [-0.15, -0.1) is 0 Å². The van der Waals surface area contributed by atoms with Crippen molar-refractivity contribution in [2.45, 2.75) is 38.3 Å². The summed E-state index contributed by atoms with van der Waals surface area (Å²) in [6.07, 6.45) is 3.09. The second-order valence-corrected chi connectivity index (χ2v) is 3.25. The zero-order valence-corrected chi connectivity index (χ0v) is 7.99. The number of carbonyl (C=O) groups is 1. The number of hydrogen-bond acceptors (Lipinski definition) is 4. The molecule has 2 N–H and O–H groups in total. The van der Waals surface area contributed by atoms with Crippen molar-refractivity contribution in [1.82, 2.24) is 0 Å². The van der Waals surface area contributed by atoms with Crippen molar-refractivity contribution in [3.63, 3.8) is 0 Å². The van der Waals surface area contributed by atoms with Gasteiger partial charge in [0.05, 0.1) is 12.7 Å². The van der Waals surface area contributed by atoms with E-state index in [-0.39, 0.29) is 24.7 Å². The lowest BCUT2D eigenvalue weighted by Gasteiger charge is -2.15. The Bertz CT molecular complexity index is 172. The fourth-order valence-electron chi connectivity index (χ4n) is 1.54. The van der Waals surface area contributed by atoms with Gasteiger partial charge in [0.2, 0.25) is 0 Å². The van der Waals surface area contributed by atoms with Crippen LogP contribution in [0.1, 0.15) is 26.2 Å². The smallest absolute Gasteiger partial charge is 0.332 e. The molecule has 0 saturated heterocycles. The normalized spacial score (nSPS) is 27.5. The van der Waals surface area contributed by atoms with Gasteiger partial charge in [0, 0.05) is 6.04 Å². The SMILES string of the molecule is CCOC(=O)COC1CCCC1N. The van der Waals surface area contributed by atoms with Crippen molar-refractivity contribution >= 4 is 5.97 Å². The average molecular weight is 187 g/mol. The molecule has 0 heterocycles. The highest BCUT2D eigenvalue weighted by atomic mass is 16.6. The first kappa shape index (κ1) is 10.5. The topological polar surface area (TPSA) is 61.5 Å². The second-order valence-electron chi connectivity index (χ2n) is 3.25. The van der Waals surface area contributed by atoms with E-state index in [0.717, 1.165) is 19.3 Å². The van der Waals surface area contributed by atoms with Gasteiger partial charge in [0.25, 0.3) is 0 Å². The summed E-state index contributed by atoms with van der Waals surface area (Å²) < 4.78 is 10.1. The Morgan fingerprint density at radius 2 is 2.31 bits per heavy atom. The van der Waals surface area contributed by atoms with E-state index in [9.17, 15) is 4.79 Å². The fraction of sp³-hybridized carbons (Fsp3) is 0.889. The second kappa shape index (κ2) is 5.19. The summed E-state index contributed by atoms with van der Waals surface area (Å²) in [6.45, 7) is 2.21. The average Bonchev–Trinajstić information content (AvgIpc) is 2.48. The van der Waals surface area contributed by atoms with Crippen molar-refractivity contribution in [3.8, 4) is 0 Å². The van der Waals surface area contributed by atoms with E-state index in [1.54, 1.807) is 6.92 Å². The molecule has 76 valence electrons. The number of carbonyl (C=O) groups excluding carboxylic acids is 1. The standard InChI is InChI=1S/C9H17NO3/c1-2-12-9(11)6-13-8-5-3-4-7(8)10/h7-8H,2-6,10H2,1H3. The van der Waals surface area contributed by atoms with Gasteiger partial charge < -0.3 is 15.2 Å². The van der Waals surface area contributed by atoms with E-state index in [0.29, 0.717) is 6.61 Å². The minimum atomic E-state index is -0.304. The number of esters is 1. The highest BCUT2D eigenvalue weighted by Gasteiger charge is 2.25. The summed E-state index contributed by atoms with van der Waals surface area (Å²) in [7, 11) is 0. The molecule has 2 unspecified atom stereocenters. The predicted molar refractivity (Wildman–Crippen MR) is 48.2 cm³/mol. The molecule has 1 aliphatic rings. The summed E-state index contributed by atoms with van der Waals surface area (Å²) in [5, 5.41) is 0. The first-order chi connectivity index (χ1) is 6.24. The Balaban J connectivity index is 2.14. The van der Waals surface area contributed by atoms with Gasteiger partial charge in [-0.3, -0.25) is 0 Å². The van der Waals surface area contributed by atoms with Crippen LogP contribution in [-0.2, 0) is 14.3 Å². The van der Waals surface area contributed by atoms with E-state index < -0.39 is 0 Å². The highest BCUT2D eigenvalue weighted by Crippen LogP contribution is 2.19. The van der Waals surface area contributed by atoms with Crippen LogP contribution in [0.5, 0.6) is 0 Å². The maximum Gasteiger partial charge on any atom is 0.332 e. The molecule has 1 rings (SSSR count). The maximum atomic E-state index is 10.9. The molecule has 0 aromatic rings. The van der Waals surface area contributed by atoms with Crippen LogP contribution in [0, 0.1) is 0 Å². The van der Waals surface area contributed by atoms with E-state index in [1.807, 2.05) is 0 Å². The molecule has 0 aliphatic heterocycles. The van der Waals surface area contributed by atoms with Gasteiger partial charge in [-0.1, -0.05) is 0 Å². The van der Waals surface area contributed by atoms with Crippen LogP contribution in [0.25, 0.3) is 0 Å². The summed E-state index contributed by atoms with van der Waals surface area (Å²) in [5.41, 5.74) is 5.76. The van der Waals surface area contributed by atoms with Gasteiger partial charge in [0.15, 0.2) is 0 Å². The molecular formula is C9H17NO3. The van der Waals surface area contributed by atoms with Crippen LogP contribution in [-0.4, -0.2) is 31.3 Å². The number of nitrogens with two attached hydrogens (primary N) is 1. The van der Waals surface area contributed by atoms with E-state index in [1.165, 1.54) is 0 Å².